The van der Waals surface area contributed by atoms with Crippen LogP contribution in [0.3, 0.4) is 0 Å². The summed E-state index contributed by atoms with van der Waals surface area (Å²) >= 11 is 11.6. The molecule has 112 valence electrons. The van der Waals surface area contributed by atoms with Gasteiger partial charge in [-0.2, -0.15) is 0 Å². The Labute approximate surface area is 151 Å². The monoisotopic (exact) mass is 481 g/mol. The Hall–Kier alpha value is -0.170. The zero-order valence-electron chi connectivity index (χ0n) is 11.5. The average Bonchev–Trinajstić information content (AvgIpc) is 2.46. The van der Waals surface area contributed by atoms with Crippen molar-refractivity contribution in [2.45, 2.75) is 19.4 Å². The Morgan fingerprint density at radius 3 is 2.57 bits per heavy atom. The molecule has 1 atom stereocenters. The predicted molar refractivity (Wildman–Crippen MR) is 98.4 cm³/mol. The van der Waals surface area contributed by atoms with Gasteiger partial charge >= 0.3 is 0 Å². The molecule has 1 nitrogen and oxygen atoms in total. The molecule has 1 unspecified atom stereocenters. The summed E-state index contributed by atoms with van der Waals surface area (Å²) in [5.41, 5.74) is 1.60. The quantitative estimate of drug-likeness (QED) is 0.411. The lowest BCUT2D eigenvalue weighted by Crippen LogP contribution is -2.24. The van der Waals surface area contributed by atoms with Crippen molar-refractivity contribution in [2.24, 2.45) is 0 Å². The Bertz CT molecular complexity index is 618. The van der Waals surface area contributed by atoms with Crippen molar-refractivity contribution < 1.29 is 4.39 Å². The Morgan fingerprint density at radius 1 is 1.29 bits per heavy atom. The SMILES string of the molecule is CCCNC(c1ccc(I)cc1)c1cc(Cl)c(Br)cc1F. The second-order valence-electron chi connectivity index (χ2n) is 4.73. The number of benzene rings is 2. The van der Waals surface area contributed by atoms with E-state index in [0.717, 1.165) is 22.1 Å². The molecule has 0 saturated carbocycles. The summed E-state index contributed by atoms with van der Waals surface area (Å²) in [5.74, 6) is -0.265. The molecule has 0 bridgehead atoms. The topological polar surface area (TPSA) is 12.0 Å². The van der Waals surface area contributed by atoms with Crippen molar-refractivity contribution >= 4 is 50.1 Å². The second kappa shape index (κ2) is 7.90. The van der Waals surface area contributed by atoms with Gasteiger partial charge in [0.2, 0.25) is 0 Å². The van der Waals surface area contributed by atoms with Crippen LogP contribution in [0.15, 0.2) is 40.9 Å². The summed E-state index contributed by atoms with van der Waals surface area (Å²) in [4.78, 5) is 0. The number of rotatable bonds is 5. The van der Waals surface area contributed by atoms with Gasteiger partial charge in [0.1, 0.15) is 5.82 Å². The molecule has 2 aromatic rings. The van der Waals surface area contributed by atoms with Crippen LogP contribution in [0.2, 0.25) is 5.02 Å². The minimum absolute atomic E-state index is 0.201. The molecular formula is C16H15BrClFIN. The van der Waals surface area contributed by atoms with E-state index in [0.29, 0.717) is 15.1 Å². The van der Waals surface area contributed by atoms with Crippen LogP contribution in [-0.4, -0.2) is 6.54 Å². The van der Waals surface area contributed by atoms with Crippen molar-refractivity contribution in [3.05, 3.63) is 66.4 Å². The van der Waals surface area contributed by atoms with Gasteiger partial charge in [0.25, 0.3) is 0 Å². The van der Waals surface area contributed by atoms with Gasteiger partial charge in [-0.1, -0.05) is 30.7 Å². The predicted octanol–water partition coefficient (Wildman–Crippen LogP) is 5.94. The third-order valence-electron chi connectivity index (χ3n) is 3.15. The number of halogens is 4. The first kappa shape index (κ1) is 17.2. The first-order chi connectivity index (χ1) is 10.0. The third kappa shape index (κ3) is 4.41. The van der Waals surface area contributed by atoms with E-state index >= 15 is 0 Å². The van der Waals surface area contributed by atoms with Crippen molar-refractivity contribution in [3.63, 3.8) is 0 Å². The number of hydrogen-bond donors (Lipinski definition) is 1. The first-order valence-corrected chi connectivity index (χ1v) is 8.91. The van der Waals surface area contributed by atoms with Crippen molar-refractivity contribution in [1.29, 1.82) is 0 Å². The highest BCUT2D eigenvalue weighted by atomic mass is 127. The standard InChI is InChI=1S/C16H15BrClFIN/c1-2-7-21-16(10-3-5-11(20)6-4-10)12-8-14(18)13(17)9-15(12)19/h3-6,8-9,16,21H,2,7H2,1H3. The molecule has 0 aliphatic carbocycles. The normalized spacial score (nSPS) is 12.4. The second-order valence-corrected chi connectivity index (χ2v) is 7.23. The highest BCUT2D eigenvalue weighted by Gasteiger charge is 2.19. The summed E-state index contributed by atoms with van der Waals surface area (Å²) in [6, 6.07) is 11.0. The Kier molecular flexibility index (Phi) is 6.47. The van der Waals surface area contributed by atoms with Gasteiger partial charge in [-0.15, -0.1) is 0 Å². The molecule has 0 amide bonds. The van der Waals surface area contributed by atoms with E-state index in [9.17, 15) is 4.39 Å². The fourth-order valence-corrected chi connectivity index (χ4v) is 2.96. The van der Waals surface area contributed by atoms with Gasteiger partial charge in [0.15, 0.2) is 0 Å². The summed E-state index contributed by atoms with van der Waals surface area (Å²) < 4.78 is 16.1. The van der Waals surface area contributed by atoms with Crippen LogP contribution in [0.25, 0.3) is 0 Å². The van der Waals surface area contributed by atoms with Gasteiger partial charge in [-0.3, -0.25) is 0 Å². The van der Waals surface area contributed by atoms with Crippen molar-refractivity contribution in [1.82, 2.24) is 5.32 Å². The molecule has 0 spiro atoms. The zero-order valence-corrected chi connectivity index (χ0v) is 16.0. The highest BCUT2D eigenvalue weighted by molar-refractivity contribution is 14.1. The molecule has 0 saturated heterocycles. The van der Waals surface area contributed by atoms with Crippen LogP contribution >= 0.6 is 50.1 Å². The molecule has 0 aromatic heterocycles. The molecule has 0 radical (unpaired) electrons. The van der Waals surface area contributed by atoms with Crippen molar-refractivity contribution in [3.8, 4) is 0 Å². The van der Waals surface area contributed by atoms with E-state index in [1.807, 2.05) is 24.3 Å². The van der Waals surface area contributed by atoms with Gasteiger partial charge in [0, 0.05) is 13.6 Å². The summed E-state index contributed by atoms with van der Waals surface area (Å²) in [7, 11) is 0. The van der Waals surface area contributed by atoms with Gasteiger partial charge in [0.05, 0.1) is 11.1 Å². The highest BCUT2D eigenvalue weighted by Crippen LogP contribution is 2.32. The lowest BCUT2D eigenvalue weighted by molar-refractivity contribution is 0.546. The summed E-state index contributed by atoms with van der Waals surface area (Å²) in [6.07, 6.45) is 0.979. The largest absolute Gasteiger partial charge is 0.306 e. The molecule has 0 fully saturated rings. The summed E-state index contributed by atoms with van der Waals surface area (Å²) in [5, 5.41) is 3.91. The average molecular weight is 483 g/mol. The molecule has 0 aliphatic heterocycles. The maximum absolute atomic E-state index is 14.3. The van der Waals surface area contributed by atoms with Crippen LogP contribution in [-0.2, 0) is 0 Å². The van der Waals surface area contributed by atoms with E-state index < -0.39 is 0 Å². The Balaban J connectivity index is 2.45. The van der Waals surface area contributed by atoms with Crippen LogP contribution < -0.4 is 5.32 Å². The van der Waals surface area contributed by atoms with E-state index in [4.69, 9.17) is 11.6 Å². The minimum atomic E-state index is -0.265. The van der Waals surface area contributed by atoms with Crippen LogP contribution in [0, 0.1) is 9.39 Å². The maximum Gasteiger partial charge on any atom is 0.129 e. The molecule has 5 heteroatoms. The minimum Gasteiger partial charge on any atom is -0.306 e. The molecule has 2 rings (SSSR count). The van der Waals surface area contributed by atoms with E-state index in [-0.39, 0.29) is 11.9 Å². The molecule has 1 N–H and O–H groups in total. The fraction of sp³-hybridized carbons (Fsp3) is 0.250. The lowest BCUT2D eigenvalue weighted by atomic mass is 9.98. The van der Waals surface area contributed by atoms with Gasteiger partial charge < -0.3 is 5.32 Å². The molecule has 21 heavy (non-hydrogen) atoms. The maximum atomic E-state index is 14.3. The third-order valence-corrected chi connectivity index (χ3v) is 5.07. The molecule has 0 aliphatic rings. The molecule has 2 aromatic carbocycles. The van der Waals surface area contributed by atoms with Crippen LogP contribution in [0.1, 0.15) is 30.5 Å². The Morgan fingerprint density at radius 2 is 1.95 bits per heavy atom. The molecule has 0 heterocycles. The lowest BCUT2D eigenvalue weighted by Gasteiger charge is -2.21. The van der Waals surface area contributed by atoms with E-state index in [2.05, 4.69) is 50.8 Å². The first-order valence-electron chi connectivity index (χ1n) is 6.66. The zero-order chi connectivity index (χ0) is 15.4. The number of nitrogens with one attached hydrogen (secondary N) is 1. The summed E-state index contributed by atoms with van der Waals surface area (Å²) in [6.45, 7) is 2.90. The van der Waals surface area contributed by atoms with Crippen molar-refractivity contribution in [2.75, 3.05) is 6.54 Å². The van der Waals surface area contributed by atoms with Gasteiger partial charge in [-0.25, -0.2) is 4.39 Å². The van der Waals surface area contributed by atoms with E-state index in [1.54, 1.807) is 6.07 Å². The fourth-order valence-electron chi connectivity index (χ4n) is 2.11. The van der Waals surface area contributed by atoms with Crippen LogP contribution in [0.5, 0.6) is 0 Å². The van der Waals surface area contributed by atoms with E-state index in [1.165, 1.54) is 6.07 Å². The van der Waals surface area contributed by atoms with Crippen LogP contribution in [0.4, 0.5) is 4.39 Å². The molecular weight excluding hydrogens is 467 g/mol. The smallest absolute Gasteiger partial charge is 0.129 e. The number of hydrogen-bond acceptors (Lipinski definition) is 1. The van der Waals surface area contributed by atoms with Gasteiger partial charge in [-0.05, 0) is 81.3 Å².